The molecule has 0 heterocycles. The summed E-state index contributed by atoms with van der Waals surface area (Å²) < 4.78 is 23.6. The van der Waals surface area contributed by atoms with Crippen molar-refractivity contribution in [3.05, 3.63) is 35.9 Å². The molecule has 0 aliphatic heterocycles. The van der Waals surface area contributed by atoms with Crippen molar-refractivity contribution in [1.29, 1.82) is 0 Å². The molecule has 18 heavy (non-hydrogen) atoms. The average molecular weight is 289 g/mol. The molecule has 2 nitrogen and oxygen atoms in total. The third kappa shape index (κ3) is 4.99. The molecule has 4 heteroatoms. The smallest absolute Gasteiger partial charge is 0.150 e. The van der Waals surface area contributed by atoms with Gasteiger partial charge in [0.25, 0.3) is 0 Å². The van der Waals surface area contributed by atoms with E-state index < -0.39 is 9.84 Å². The fraction of sp³-hybridized carbons (Fsp3) is 0.571. The second-order valence-corrected chi connectivity index (χ2v) is 7.88. The van der Waals surface area contributed by atoms with Gasteiger partial charge in [0.1, 0.15) is 9.84 Å². The Morgan fingerprint density at radius 1 is 1.11 bits per heavy atom. The number of alkyl halides is 1. The van der Waals surface area contributed by atoms with Gasteiger partial charge in [0.15, 0.2) is 0 Å². The summed E-state index contributed by atoms with van der Waals surface area (Å²) in [5.74, 6) is 0.828. The van der Waals surface area contributed by atoms with Crippen LogP contribution < -0.4 is 0 Å². The van der Waals surface area contributed by atoms with E-state index >= 15 is 0 Å². The molecular weight excluding hydrogens is 268 g/mol. The van der Waals surface area contributed by atoms with Crippen LogP contribution in [0.2, 0.25) is 0 Å². The van der Waals surface area contributed by atoms with Gasteiger partial charge in [-0.15, -0.1) is 11.6 Å². The van der Waals surface area contributed by atoms with Crippen LogP contribution in [0.4, 0.5) is 0 Å². The zero-order chi connectivity index (χ0) is 13.6. The van der Waals surface area contributed by atoms with Crippen LogP contribution in [0.3, 0.4) is 0 Å². The molecule has 0 spiro atoms. The fourth-order valence-electron chi connectivity index (χ4n) is 1.82. The summed E-state index contributed by atoms with van der Waals surface area (Å²) in [5.41, 5.74) is 1.06. The van der Waals surface area contributed by atoms with E-state index in [0.29, 0.717) is 18.7 Å². The van der Waals surface area contributed by atoms with Crippen molar-refractivity contribution in [3.63, 3.8) is 0 Å². The number of halogens is 1. The minimum atomic E-state index is -2.97. The summed E-state index contributed by atoms with van der Waals surface area (Å²) in [5, 5.41) is 0. The van der Waals surface area contributed by atoms with Crippen LogP contribution in [0.25, 0.3) is 0 Å². The van der Waals surface area contributed by atoms with Crippen molar-refractivity contribution >= 4 is 21.4 Å². The van der Waals surface area contributed by atoms with E-state index in [9.17, 15) is 8.42 Å². The molecule has 0 radical (unpaired) electrons. The van der Waals surface area contributed by atoms with Crippen molar-refractivity contribution in [1.82, 2.24) is 0 Å². The van der Waals surface area contributed by atoms with E-state index in [1.165, 1.54) is 5.56 Å². The molecule has 0 N–H and O–H groups in total. The zero-order valence-electron chi connectivity index (χ0n) is 11.0. The first-order valence-corrected chi connectivity index (χ1v) is 8.55. The van der Waals surface area contributed by atoms with E-state index in [2.05, 4.69) is 13.8 Å². The van der Waals surface area contributed by atoms with Gasteiger partial charge in [0.05, 0.1) is 11.5 Å². The van der Waals surface area contributed by atoms with Crippen LogP contribution in [0, 0.1) is 0 Å². The predicted molar refractivity (Wildman–Crippen MR) is 78.1 cm³/mol. The van der Waals surface area contributed by atoms with Gasteiger partial charge in [-0.25, -0.2) is 8.42 Å². The maximum absolute atomic E-state index is 11.8. The van der Waals surface area contributed by atoms with Crippen LogP contribution in [0.5, 0.6) is 0 Å². The lowest BCUT2D eigenvalue weighted by molar-refractivity contribution is 0.499. The average Bonchev–Trinajstić information content (AvgIpc) is 2.36. The van der Waals surface area contributed by atoms with Crippen LogP contribution in [0.1, 0.15) is 32.3 Å². The second kappa shape index (κ2) is 6.58. The highest BCUT2D eigenvalue weighted by Crippen LogP contribution is 2.27. The second-order valence-electron chi connectivity index (χ2n) is 5.19. The Hall–Kier alpha value is -0.540. The van der Waals surface area contributed by atoms with E-state index in [-0.39, 0.29) is 16.9 Å². The standard InChI is InChI=1S/C14H21ClO2S/c1-14(2,13-7-4-3-5-8-13)9-12-18(16,17)11-6-10-15/h3-5,7-8H,6,9-12H2,1-2H3. The number of hydrogen-bond acceptors (Lipinski definition) is 2. The van der Waals surface area contributed by atoms with Crippen molar-refractivity contribution < 1.29 is 8.42 Å². The SMILES string of the molecule is CC(C)(CCS(=O)(=O)CCCCl)c1ccccc1. The summed E-state index contributed by atoms with van der Waals surface area (Å²) >= 11 is 5.53. The monoisotopic (exact) mass is 288 g/mol. The van der Waals surface area contributed by atoms with Crippen molar-refractivity contribution in [2.24, 2.45) is 0 Å². The Bertz CT molecular complexity index is 452. The Labute approximate surface area is 115 Å². The van der Waals surface area contributed by atoms with E-state index in [4.69, 9.17) is 11.6 Å². The van der Waals surface area contributed by atoms with Gasteiger partial charge >= 0.3 is 0 Å². The number of sulfone groups is 1. The molecule has 0 aliphatic rings. The summed E-state index contributed by atoms with van der Waals surface area (Å²) in [6.07, 6.45) is 1.18. The predicted octanol–water partition coefficient (Wildman–Crippen LogP) is 3.40. The lowest BCUT2D eigenvalue weighted by atomic mass is 9.82. The molecule has 0 bridgehead atoms. The minimum absolute atomic E-state index is 0.116. The normalized spacial score (nSPS) is 12.6. The van der Waals surface area contributed by atoms with Crippen LogP contribution >= 0.6 is 11.6 Å². The largest absolute Gasteiger partial charge is 0.229 e. The Morgan fingerprint density at radius 2 is 1.72 bits per heavy atom. The quantitative estimate of drug-likeness (QED) is 0.721. The third-order valence-corrected chi connectivity index (χ3v) is 5.19. The van der Waals surface area contributed by atoms with Crippen LogP contribution in [0.15, 0.2) is 30.3 Å². The highest BCUT2D eigenvalue weighted by atomic mass is 35.5. The van der Waals surface area contributed by atoms with Gasteiger partial charge in [-0.2, -0.15) is 0 Å². The lowest BCUT2D eigenvalue weighted by Crippen LogP contribution is -2.23. The first-order valence-electron chi connectivity index (χ1n) is 6.19. The first-order chi connectivity index (χ1) is 8.37. The van der Waals surface area contributed by atoms with Gasteiger partial charge < -0.3 is 0 Å². The number of benzene rings is 1. The number of rotatable bonds is 7. The molecule has 1 aromatic rings. The molecule has 0 aromatic heterocycles. The highest BCUT2D eigenvalue weighted by Gasteiger charge is 2.23. The molecule has 0 amide bonds. The fourth-order valence-corrected chi connectivity index (χ4v) is 3.72. The molecule has 1 rings (SSSR count). The maximum atomic E-state index is 11.8. The van der Waals surface area contributed by atoms with Gasteiger partial charge in [0, 0.05) is 5.88 Å². The van der Waals surface area contributed by atoms with Gasteiger partial charge in [-0.1, -0.05) is 44.2 Å². The Morgan fingerprint density at radius 3 is 2.28 bits per heavy atom. The molecule has 0 unspecified atom stereocenters. The summed E-state index contributed by atoms with van der Waals surface area (Å²) in [6, 6.07) is 10.0. The zero-order valence-corrected chi connectivity index (χ0v) is 12.6. The van der Waals surface area contributed by atoms with Crippen molar-refractivity contribution in [2.45, 2.75) is 32.1 Å². The van der Waals surface area contributed by atoms with Crippen molar-refractivity contribution in [2.75, 3.05) is 17.4 Å². The first kappa shape index (κ1) is 15.5. The van der Waals surface area contributed by atoms with E-state index in [1.807, 2.05) is 30.3 Å². The van der Waals surface area contributed by atoms with E-state index in [1.54, 1.807) is 0 Å². The molecule has 0 saturated heterocycles. The molecule has 0 aliphatic carbocycles. The minimum Gasteiger partial charge on any atom is -0.229 e. The van der Waals surface area contributed by atoms with Gasteiger partial charge in [-0.05, 0) is 23.8 Å². The van der Waals surface area contributed by atoms with Crippen LogP contribution in [-0.2, 0) is 15.3 Å². The summed E-state index contributed by atoms with van der Waals surface area (Å²) in [7, 11) is -2.97. The maximum Gasteiger partial charge on any atom is 0.150 e. The molecule has 1 aromatic carbocycles. The van der Waals surface area contributed by atoms with Gasteiger partial charge in [0.2, 0.25) is 0 Å². The Balaban J connectivity index is 2.62. The Kier molecular flexibility index (Phi) is 5.67. The topological polar surface area (TPSA) is 34.1 Å². The summed E-state index contributed by atoms with van der Waals surface area (Å²) in [4.78, 5) is 0. The summed E-state index contributed by atoms with van der Waals surface area (Å²) in [6.45, 7) is 4.17. The molecular formula is C14H21ClO2S. The van der Waals surface area contributed by atoms with E-state index in [0.717, 1.165) is 0 Å². The molecule has 0 saturated carbocycles. The van der Waals surface area contributed by atoms with Gasteiger partial charge in [-0.3, -0.25) is 0 Å². The molecule has 0 fully saturated rings. The molecule has 102 valence electrons. The van der Waals surface area contributed by atoms with Crippen molar-refractivity contribution in [3.8, 4) is 0 Å². The lowest BCUT2D eigenvalue weighted by Gasteiger charge is -2.25. The third-order valence-electron chi connectivity index (χ3n) is 3.18. The molecule has 0 atom stereocenters. The van der Waals surface area contributed by atoms with Crippen LogP contribution in [-0.4, -0.2) is 25.8 Å². The highest BCUT2D eigenvalue weighted by molar-refractivity contribution is 7.91. The number of hydrogen-bond donors (Lipinski definition) is 0.